The Balaban J connectivity index is 1.81. The van der Waals surface area contributed by atoms with Crippen LogP contribution in [-0.2, 0) is 33.3 Å². The maximum Gasteiger partial charge on any atom is 0.416 e. The van der Waals surface area contributed by atoms with Crippen LogP contribution < -0.4 is 0 Å². The van der Waals surface area contributed by atoms with Gasteiger partial charge in [0.2, 0.25) is 0 Å². The van der Waals surface area contributed by atoms with Crippen molar-refractivity contribution in [2.75, 3.05) is 0 Å². The van der Waals surface area contributed by atoms with Crippen LogP contribution >= 0.6 is 0 Å². The molecule has 9 heteroatoms. The van der Waals surface area contributed by atoms with Gasteiger partial charge in [-0.3, -0.25) is 4.79 Å². The summed E-state index contributed by atoms with van der Waals surface area (Å²) in [6.45, 7) is 3.40. The van der Waals surface area contributed by atoms with Crippen LogP contribution in [0.15, 0.2) is 18.2 Å². The highest BCUT2D eigenvalue weighted by atomic mass is 19.4. The Bertz CT molecular complexity index is 757. The number of hydrogen-bond acceptors (Lipinski definition) is 3. The molecule has 0 radical (unpaired) electrons. The second-order valence-corrected chi connectivity index (χ2v) is 7.79. The maximum atomic E-state index is 13.3. The Hall–Kier alpha value is -1.61. The van der Waals surface area contributed by atoms with Gasteiger partial charge in [0, 0.05) is 18.3 Å². The Morgan fingerprint density at radius 2 is 1.82 bits per heavy atom. The molecule has 1 saturated carbocycles. The fraction of sp³-hybridized carbons (Fsp3) is 0.632. The molecule has 0 amide bonds. The normalized spacial score (nSPS) is 31.1. The third kappa shape index (κ3) is 4.05. The molecule has 1 aromatic rings. The lowest BCUT2D eigenvalue weighted by Gasteiger charge is -2.47. The summed E-state index contributed by atoms with van der Waals surface area (Å²) in [5.41, 5.74) is -3.89. The number of halogens is 6. The van der Waals surface area contributed by atoms with Crippen molar-refractivity contribution in [1.82, 2.24) is 0 Å². The first-order chi connectivity index (χ1) is 12.8. The number of benzene rings is 1. The number of Topliss-reactive ketones (excluding diaryl/α,β-unsaturated/α-hetero) is 1. The minimum absolute atomic E-state index is 0.0151. The minimum atomic E-state index is -4.91. The van der Waals surface area contributed by atoms with Gasteiger partial charge >= 0.3 is 12.4 Å². The molecule has 2 aliphatic rings. The summed E-state index contributed by atoms with van der Waals surface area (Å²) in [5, 5.41) is 0. The van der Waals surface area contributed by atoms with E-state index in [2.05, 4.69) is 0 Å². The second-order valence-electron chi connectivity index (χ2n) is 7.79. The molecule has 3 nitrogen and oxygen atoms in total. The minimum Gasteiger partial charge on any atom is -0.299 e. The number of rotatable bonds is 3. The zero-order valence-electron chi connectivity index (χ0n) is 15.3. The molecule has 0 aromatic heterocycles. The lowest BCUT2D eigenvalue weighted by Crippen LogP contribution is -2.53. The van der Waals surface area contributed by atoms with Gasteiger partial charge in [0.1, 0.15) is 17.5 Å². The van der Waals surface area contributed by atoms with Crippen molar-refractivity contribution >= 4 is 5.78 Å². The predicted octanol–water partition coefficient (Wildman–Crippen LogP) is 5.36. The molecule has 1 saturated heterocycles. The van der Waals surface area contributed by atoms with Crippen molar-refractivity contribution in [2.24, 2.45) is 11.8 Å². The first-order valence-electron chi connectivity index (χ1n) is 8.96. The molecular formula is C19H20F6O3. The monoisotopic (exact) mass is 410 g/mol. The van der Waals surface area contributed by atoms with Gasteiger partial charge in [0.25, 0.3) is 0 Å². The first kappa shape index (κ1) is 21.1. The molecule has 1 aromatic carbocycles. The second kappa shape index (κ2) is 7.02. The van der Waals surface area contributed by atoms with Gasteiger partial charge in [-0.2, -0.15) is 26.3 Å². The van der Waals surface area contributed by atoms with Crippen LogP contribution in [0.2, 0.25) is 0 Å². The van der Waals surface area contributed by atoms with Crippen LogP contribution in [0.25, 0.3) is 0 Å². The number of alkyl halides is 6. The predicted molar refractivity (Wildman–Crippen MR) is 86.0 cm³/mol. The average molecular weight is 410 g/mol. The smallest absolute Gasteiger partial charge is 0.299 e. The number of aryl methyl sites for hydroxylation is 1. The summed E-state index contributed by atoms with van der Waals surface area (Å²) in [6.07, 6.45) is -9.42. The zero-order valence-corrected chi connectivity index (χ0v) is 15.3. The van der Waals surface area contributed by atoms with Gasteiger partial charge in [-0.25, -0.2) is 9.78 Å². The van der Waals surface area contributed by atoms with Crippen LogP contribution in [0.1, 0.15) is 49.8 Å². The molecule has 28 heavy (non-hydrogen) atoms. The van der Waals surface area contributed by atoms with Gasteiger partial charge < -0.3 is 0 Å². The molecular weight excluding hydrogens is 390 g/mol. The lowest BCUT2D eigenvalue weighted by molar-refractivity contribution is -0.428. The molecule has 1 aliphatic carbocycles. The van der Waals surface area contributed by atoms with Crippen LogP contribution in [0.4, 0.5) is 26.3 Å². The van der Waals surface area contributed by atoms with E-state index in [1.165, 1.54) is 0 Å². The van der Waals surface area contributed by atoms with E-state index in [1.807, 2.05) is 0 Å². The average Bonchev–Trinajstić information content (AvgIpc) is 2.59. The van der Waals surface area contributed by atoms with Crippen molar-refractivity contribution in [2.45, 2.75) is 63.6 Å². The van der Waals surface area contributed by atoms with Gasteiger partial charge in [-0.1, -0.05) is 13.0 Å². The summed E-state index contributed by atoms with van der Waals surface area (Å²) in [6, 6.07) is 1.64. The summed E-state index contributed by atoms with van der Waals surface area (Å²) in [4.78, 5) is 22.9. The molecule has 1 aliphatic heterocycles. The van der Waals surface area contributed by atoms with Crippen LogP contribution in [-0.4, -0.2) is 17.5 Å². The number of carbonyl (C=O) groups is 1. The van der Waals surface area contributed by atoms with E-state index in [4.69, 9.17) is 9.78 Å². The highest BCUT2D eigenvalue weighted by Crippen LogP contribution is 2.45. The van der Waals surface area contributed by atoms with Crippen LogP contribution in [0, 0.1) is 11.8 Å². The van der Waals surface area contributed by atoms with Crippen LogP contribution in [0.3, 0.4) is 0 Å². The van der Waals surface area contributed by atoms with Crippen molar-refractivity contribution in [1.29, 1.82) is 0 Å². The number of carbonyl (C=O) groups excluding carboxylic acids is 1. The highest BCUT2D eigenvalue weighted by Gasteiger charge is 2.49. The summed E-state index contributed by atoms with van der Waals surface area (Å²) in [5.74, 6) is -0.493. The van der Waals surface area contributed by atoms with E-state index < -0.39 is 29.1 Å². The largest absolute Gasteiger partial charge is 0.416 e. The van der Waals surface area contributed by atoms with E-state index in [0.717, 1.165) is 6.07 Å². The fourth-order valence-corrected chi connectivity index (χ4v) is 3.89. The van der Waals surface area contributed by atoms with Gasteiger partial charge in [0.15, 0.2) is 0 Å². The molecule has 1 heterocycles. The molecule has 2 fully saturated rings. The summed E-state index contributed by atoms with van der Waals surface area (Å²) in [7, 11) is 0. The molecule has 4 atom stereocenters. The standard InChI is InChI=1S/C19H20F6O3/c1-10-15(26)8-13-9-16(10)27-28-17(13,2)6-5-11-3-4-12(18(20,21)22)7-14(11)19(23,24)25/h3-4,7,10,13,16H,5-6,8-9H2,1-2H3/t10-,13+,16+,17-/m1/s1. The Labute approximate surface area is 157 Å². The summed E-state index contributed by atoms with van der Waals surface area (Å²) < 4.78 is 78.3. The zero-order chi connectivity index (χ0) is 20.9. The fourth-order valence-electron chi connectivity index (χ4n) is 3.89. The van der Waals surface area contributed by atoms with E-state index >= 15 is 0 Å². The Morgan fingerprint density at radius 3 is 2.43 bits per heavy atom. The van der Waals surface area contributed by atoms with E-state index in [-0.39, 0.29) is 54.6 Å². The molecule has 2 bridgehead atoms. The third-order valence-corrected chi connectivity index (χ3v) is 5.89. The van der Waals surface area contributed by atoms with Gasteiger partial charge in [-0.05, 0) is 43.9 Å². The highest BCUT2D eigenvalue weighted by molar-refractivity contribution is 5.82. The molecule has 3 rings (SSSR count). The number of hydrogen-bond donors (Lipinski definition) is 0. The van der Waals surface area contributed by atoms with Crippen molar-refractivity contribution < 1.29 is 40.9 Å². The summed E-state index contributed by atoms with van der Waals surface area (Å²) >= 11 is 0. The van der Waals surface area contributed by atoms with Crippen molar-refractivity contribution in [3.05, 3.63) is 34.9 Å². The van der Waals surface area contributed by atoms with Crippen molar-refractivity contribution in [3.8, 4) is 0 Å². The SMILES string of the molecule is C[C@@H]1C(=O)C[C@H]2C[C@@H]1OO[C@]2(C)CCc1ccc(C(F)(F)F)cc1C(F)(F)F. The quantitative estimate of drug-likeness (QED) is 0.497. The number of ketones is 1. The molecule has 0 N–H and O–H groups in total. The molecule has 156 valence electrons. The Kier molecular flexibility index (Phi) is 5.29. The van der Waals surface area contributed by atoms with Crippen molar-refractivity contribution in [3.63, 3.8) is 0 Å². The van der Waals surface area contributed by atoms with Gasteiger partial charge in [0.05, 0.1) is 11.1 Å². The van der Waals surface area contributed by atoms with E-state index in [9.17, 15) is 31.1 Å². The van der Waals surface area contributed by atoms with E-state index in [1.54, 1.807) is 13.8 Å². The third-order valence-electron chi connectivity index (χ3n) is 5.89. The maximum absolute atomic E-state index is 13.3. The van der Waals surface area contributed by atoms with Crippen LogP contribution in [0.5, 0.6) is 0 Å². The van der Waals surface area contributed by atoms with Gasteiger partial charge in [-0.15, -0.1) is 0 Å². The molecule has 0 unspecified atom stereocenters. The first-order valence-corrected chi connectivity index (χ1v) is 8.96. The topological polar surface area (TPSA) is 35.5 Å². The van der Waals surface area contributed by atoms with E-state index in [0.29, 0.717) is 12.5 Å². The lowest BCUT2D eigenvalue weighted by atomic mass is 9.70. The molecule has 0 spiro atoms. The Morgan fingerprint density at radius 1 is 1.14 bits per heavy atom. The number of fused-ring (bicyclic) bond motifs is 2.